The van der Waals surface area contributed by atoms with E-state index in [-0.39, 0.29) is 18.6 Å². The van der Waals surface area contributed by atoms with Gasteiger partial charge in [-0.3, -0.25) is 4.79 Å². The van der Waals surface area contributed by atoms with Gasteiger partial charge in [0, 0.05) is 19.1 Å². The zero-order valence-electron chi connectivity index (χ0n) is 10.9. The fourth-order valence-corrected chi connectivity index (χ4v) is 2.93. The first-order valence-corrected chi connectivity index (χ1v) is 6.76. The Hall–Kier alpha value is -0.610. The second-order valence-electron chi connectivity index (χ2n) is 5.49. The van der Waals surface area contributed by atoms with Crippen LogP contribution in [0.15, 0.2) is 0 Å². The van der Waals surface area contributed by atoms with E-state index in [1.54, 1.807) is 0 Å². The maximum absolute atomic E-state index is 12.0. The fourth-order valence-electron chi connectivity index (χ4n) is 2.93. The molecule has 0 spiro atoms. The van der Waals surface area contributed by atoms with Crippen LogP contribution in [-0.4, -0.2) is 42.6 Å². The lowest BCUT2D eigenvalue weighted by Gasteiger charge is -2.19. The molecule has 17 heavy (non-hydrogen) atoms. The third kappa shape index (κ3) is 2.80. The Morgan fingerprint density at radius 1 is 1.47 bits per heavy atom. The summed E-state index contributed by atoms with van der Waals surface area (Å²) in [6.07, 6.45) is 3.43. The molecule has 0 aromatic carbocycles. The molecule has 0 aromatic heterocycles. The Balaban J connectivity index is 1.78. The molecule has 0 aromatic rings. The van der Waals surface area contributed by atoms with Crippen molar-refractivity contribution in [3.05, 3.63) is 0 Å². The summed E-state index contributed by atoms with van der Waals surface area (Å²) in [4.78, 5) is 13.9. The Labute approximate surface area is 103 Å². The molecule has 4 nitrogen and oxygen atoms in total. The lowest BCUT2D eigenvalue weighted by atomic mass is 9.98. The van der Waals surface area contributed by atoms with Crippen LogP contribution in [-0.2, 0) is 9.53 Å². The van der Waals surface area contributed by atoms with Gasteiger partial charge in [-0.15, -0.1) is 0 Å². The van der Waals surface area contributed by atoms with Crippen LogP contribution >= 0.6 is 0 Å². The quantitative estimate of drug-likeness (QED) is 0.797. The van der Waals surface area contributed by atoms with Gasteiger partial charge in [0.25, 0.3) is 0 Å². The molecule has 2 fully saturated rings. The molecule has 1 saturated carbocycles. The van der Waals surface area contributed by atoms with Crippen molar-refractivity contribution in [2.75, 3.05) is 19.7 Å². The van der Waals surface area contributed by atoms with E-state index < -0.39 is 0 Å². The van der Waals surface area contributed by atoms with Gasteiger partial charge in [0.05, 0.1) is 6.10 Å². The molecule has 2 N–H and O–H groups in total. The highest BCUT2D eigenvalue weighted by atomic mass is 16.5. The molecule has 1 aliphatic heterocycles. The predicted molar refractivity (Wildman–Crippen MR) is 66.5 cm³/mol. The van der Waals surface area contributed by atoms with Gasteiger partial charge in [0.2, 0.25) is 5.91 Å². The lowest BCUT2D eigenvalue weighted by molar-refractivity contribution is -0.137. The van der Waals surface area contributed by atoms with Gasteiger partial charge in [-0.05, 0) is 38.0 Å². The average Bonchev–Trinajstić information content (AvgIpc) is 2.88. The number of hydrogen-bond acceptors (Lipinski definition) is 3. The molecule has 1 aliphatic carbocycles. The first-order chi connectivity index (χ1) is 8.11. The van der Waals surface area contributed by atoms with Gasteiger partial charge in [-0.2, -0.15) is 0 Å². The van der Waals surface area contributed by atoms with Crippen molar-refractivity contribution in [1.29, 1.82) is 0 Å². The monoisotopic (exact) mass is 240 g/mol. The summed E-state index contributed by atoms with van der Waals surface area (Å²) in [5.74, 6) is 1.30. The molecule has 0 bridgehead atoms. The Morgan fingerprint density at radius 3 is 2.88 bits per heavy atom. The minimum absolute atomic E-state index is 0.131. The van der Waals surface area contributed by atoms with Crippen molar-refractivity contribution in [1.82, 2.24) is 4.90 Å². The minimum atomic E-state index is 0.131. The van der Waals surface area contributed by atoms with Gasteiger partial charge in [0.15, 0.2) is 0 Å². The molecule has 0 unspecified atom stereocenters. The summed E-state index contributed by atoms with van der Waals surface area (Å²) in [7, 11) is 0. The number of ether oxygens (including phenoxy) is 1. The van der Waals surface area contributed by atoms with Gasteiger partial charge in [0.1, 0.15) is 6.61 Å². The van der Waals surface area contributed by atoms with Gasteiger partial charge in [-0.25, -0.2) is 0 Å². The van der Waals surface area contributed by atoms with Crippen LogP contribution in [0.4, 0.5) is 0 Å². The number of amides is 1. The summed E-state index contributed by atoms with van der Waals surface area (Å²) in [6, 6.07) is 0.299. The number of rotatable bonds is 4. The van der Waals surface area contributed by atoms with Crippen molar-refractivity contribution in [2.24, 2.45) is 17.6 Å². The summed E-state index contributed by atoms with van der Waals surface area (Å²) >= 11 is 0. The minimum Gasteiger partial charge on any atom is -0.369 e. The van der Waals surface area contributed by atoms with Crippen molar-refractivity contribution in [3.63, 3.8) is 0 Å². The van der Waals surface area contributed by atoms with E-state index in [4.69, 9.17) is 10.5 Å². The van der Waals surface area contributed by atoms with Crippen LogP contribution in [0.3, 0.4) is 0 Å². The standard InChI is InChI=1S/C13H24N2O2/c1-3-9(2)17-8-13(16)15-6-10-4-5-12(14)11(10)7-15/h9-12H,3-8,14H2,1-2H3/t9-,10-,11-,12+/m0/s1. The summed E-state index contributed by atoms with van der Waals surface area (Å²) < 4.78 is 5.49. The zero-order chi connectivity index (χ0) is 12.4. The lowest BCUT2D eigenvalue weighted by Crippen LogP contribution is -2.36. The number of likely N-dealkylation sites (tertiary alicyclic amines) is 1. The second-order valence-corrected chi connectivity index (χ2v) is 5.49. The van der Waals surface area contributed by atoms with E-state index in [0.29, 0.717) is 17.9 Å². The smallest absolute Gasteiger partial charge is 0.248 e. The Bertz CT molecular complexity index is 283. The molecule has 4 heteroatoms. The molecule has 2 rings (SSSR count). The van der Waals surface area contributed by atoms with Crippen LogP contribution in [0, 0.1) is 11.8 Å². The zero-order valence-corrected chi connectivity index (χ0v) is 10.9. The Kier molecular flexibility index (Phi) is 4.05. The van der Waals surface area contributed by atoms with Crippen LogP contribution < -0.4 is 5.73 Å². The molecule has 1 saturated heterocycles. The maximum atomic E-state index is 12.0. The van der Waals surface area contributed by atoms with Crippen molar-refractivity contribution >= 4 is 5.91 Å². The van der Waals surface area contributed by atoms with Crippen LogP contribution in [0.25, 0.3) is 0 Å². The average molecular weight is 240 g/mol. The number of carbonyl (C=O) groups excluding carboxylic acids is 1. The van der Waals surface area contributed by atoms with E-state index in [1.165, 1.54) is 6.42 Å². The van der Waals surface area contributed by atoms with Crippen LogP contribution in [0.2, 0.25) is 0 Å². The summed E-state index contributed by atoms with van der Waals surface area (Å²) in [6.45, 7) is 6.02. The Morgan fingerprint density at radius 2 is 2.24 bits per heavy atom. The van der Waals surface area contributed by atoms with E-state index in [1.807, 2.05) is 11.8 Å². The predicted octanol–water partition coefficient (Wildman–Crippen LogP) is 0.997. The highest BCUT2D eigenvalue weighted by Gasteiger charge is 2.42. The third-order valence-electron chi connectivity index (χ3n) is 4.33. The normalized spacial score (nSPS) is 33.8. The molecule has 0 radical (unpaired) electrons. The number of fused-ring (bicyclic) bond motifs is 1. The van der Waals surface area contributed by atoms with Gasteiger partial charge >= 0.3 is 0 Å². The van der Waals surface area contributed by atoms with E-state index >= 15 is 0 Å². The van der Waals surface area contributed by atoms with E-state index in [9.17, 15) is 4.79 Å². The number of carbonyl (C=O) groups is 1. The number of nitrogens with two attached hydrogens (primary N) is 1. The third-order valence-corrected chi connectivity index (χ3v) is 4.33. The number of nitrogens with zero attached hydrogens (tertiary/aromatic N) is 1. The highest BCUT2D eigenvalue weighted by molar-refractivity contribution is 5.77. The fraction of sp³-hybridized carbons (Fsp3) is 0.923. The summed E-state index contributed by atoms with van der Waals surface area (Å²) in [5, 5.41) is 0. The molecular weight excluding hydrogens is 216 g/mol. The van der Waals surface area contributed by atoms with E-state index in [0.717, 1.165) is 25.9 Å². The second kappa shape index (κ2) is 5.36. The molecule has 4 atom stereocenters. The van der Waals surface area contributed by atoms with Crippen LogP contribution in [0.5, 0.6) is 0 Å². The van der Waals surface area contributed by atoms with Gasteiger partial charge in [-0.1, -0.05) is 6.92 Å². The largest absolute Gasteiger partial charge is 0.369 e. The van der Waals surface area contributed by atoms with Crippen molar-refractivity contribution in [3.8, 4) is 0 Å². The number of hydrogen-bond donors (Lipinski definition) is 1. The van der Waals surface area contributed by atoms with Crippen molar-refractivity contribution in [2.45, 2.75) is 45.3 Å². The summed E-state index contributed by atoms with van der Waals surface area (Å²) in [5.41, 5.74) is 6.06. The van der Waals surface area contributed by atoms with Crippen LogP contribution in [0.1, 0.15) is 33.1 Å². The van der Waals surface area contributed by atoms with Gasteiger partial charge < -0.3 is 15.4 Å². The molecule has 2 aliphatic rings. The van der Waals surface area contributed by atoms with E-state index in [2.05, 4.69) is 6.92 Å². The SMILES string of the molecule is CC[C@H](C)OCC(=O)N1C[C@@H]2CC[C@@H](N)[C@H]2C1. The first kappa shape index (κ1) is 12.8. The maximum Gasteiger partial charge on any atom is 0.248 e. The molecule has 1 heterocycles. The first-order valence-electron chi connectivity index (χ1n) is 6.76. The molecule has 98 valence electrons. The molecular formula is C13H24N2O2. The highest BCUT2D eigenvalue weighted by Crippen LogP contribution is 2.37. The molecule has 1 amide bonds. The topological polar surface area (TPSA) is 55.6 Å². The van der Waals surface area contributed by atoms with Crippen molar-refractivity contribution < 1.29 is 9.53 Å².